The summed E-state index contributed by atoms with van der Waals surface area (Å²) >= 11 is 3.40. The highest BCUT2D eigenvalue weighted by Crippen LogP contribution is 2.32. The molecule has 0 fully saturated rings. The Morgan fingerprint density at radius 2 is 1.58 bits per heavy atom. The molecule has 0 unspecified atom stereocenters. The average molecular weight is 683 g/mol. The normalized spacial score (nSPS) is 12.6. The van der Waals surface area contributed by atoms with E-state index in [-0.39, 0.29) is 55.9 Å². The highest BCUT2D eigenvalue weighted by atomic mass is 79.9. The van der Waals surface area contributed by atoms with Gasteiger partial charge in [-0.3, -0.25) is 13.9 Å². The van der Waals surface area contributed by atoms with E-state index in [0.29, 0.717) is 0 Å². The summed E-state index contributed by atoms with van der Waals surface area (Å²) in [7, 11) is -3.96. The number of benzene rings is 3. The van der Waals surface area contributed by atoms with Crippen molar-refractivity contribution in [2.24, 2.45) is 0 Å². The molecule has 0 spiro atoms. The molecule has 3 aromatic carbocycles. The lowest BCUT2D eigenvalue weighted by atomic mass is 10.0. The fraction of sp³-hybridized carbons (Fsp3) is 0.355. The van der Waals surface area contributed by atoms with Gasteiger partial charge in [0.1, 0.15) is 6.04 Å². The molecule has 2 amide bonds. The van der Waals surface area contributed by atoms with Gasteiger partial charge in [-0.05, 0) is 61.7 Å². The molecule has 43 heavy (non-hydrogen) atoms. The van der Waals surface area contributed by atoms with Gasteiger partial charge in [0, 0.05) is 36.4 Å². The van der Waals surface area contributed by atoms with Gasteiger partial charge in [0.15, 0.2) is 0 Å². The van der Waals surface area contributed by atoms with Crippen LogP contribution in [0.4, 0.5) is 18.9 Å². The van der Waals surface area contributed by atoms with E-state index in [2.05, 4.69) is 21.2 Å². The third-order valence-electron chi connectivity index (χ3n) is 6.58. The Bertz CT molecular complexity index is 1480. The van der Waals surface area contributed by atoms with E-state index in [0.717, 1.165) is 44.4 Å². The Kier molecular flexibility index (Phi) is 11.8. The average Bonchev–Trinajstić information content (AvgIpc) is 2.93. The number of amides is 2. The minimum absolute atomic E-state index is 0.0167. The molecule has 0 saturated carbocycles. The minimum atomic E-state index is -4.65. The molecule has 12 heteroatoms. The Labute approximate surface area is 259 Å². The number of alkyl halides is 3. The number of carbonyl (C=O) groups is 2. The van der Waals surface area contributed by atoms with E-state index >= 15 is 0 Å². The zero-order valence-corrected chi connectivity index (χ0v) is 26.5. The van der Waals surface area contributed by atoms with Crippen molar-refractivity contribution in [3.8, 4) is 0 Å². The molecule has 0 bridgehead atoms. The van der Waals surface area contributed by atoms with Gasteiger partial charge in [-0.15, -0.1) is 0 Å². The second kappa shape index (κ2) is 14.9. The Balaban J connectivity index is 1.89. The zero-order chi connectivity index (χ0) is 31.8. The van der Waals surface area contributed by atoms with Crippen LogP contribution in [0, 0.1) is 0 Å². The highest BCUT2D eigenvalue weighted by molar-refractivity contribution is 9.10. The molecule has 7 nitrogen and oxygen atoms in total. The number of nitrogens with one attached hydrogen (secondary N) is 1. The number of rotatable bonds is 13. The van der Waals surface area contributed by atoms with Crippen LogP contribution in [0.15, 0.2) is 83.3 Å². The van der Waals surface area contributed by atoms with Crippen LogP contribution in [-0.2, 0) is 38.8 Å². The summed E-state index contributed by atoms with van der Waals surface area (Å²) in [5.41, 5.74) is 0.520. The highest BCUT2D eigenvalue weighted by Gasteiger charge is 2.33. The number of carbonyl (C=O) groups excluding carboxylic acids is 2. The summed E-state index contributed by atoms with van der Waals surface area (Å²) in [4.78, 5) is 28.8. The van der Waals surface area contributed by atoms with E-state index in [4.69, 9.17) is 0 Å². The third kappa shape index (κ3) is 10.4. The minimum Gasteiger partial charge on any atom is -0.352 e. The molecule has 0 radical (unpaired) electrons. The SMILES string of the molecule is CC(C)NC(=O)[C@H](Cc1ccccc1)N(Cc1ccc(Br)cc1)C(=O)CCCN(c1cccc(C(F)(F)F)c1)S(C)(=O)=O. The maximum atomic E-state index is 13.8. The quantitative estimate of drug-likeness (QED) is 0.234. The fourth-order valence-electron chi connectivity index (χ4n) is 4.56. The third-order valence-corrected chi connectivity index (χ3v) is 8.30. The standard InChI is InChI=1S/C31H35BrF3N3O4S/c1-22(2)36-30(40)28(19-23-9-5-4-6-10-23)37(21-24-14-16-26(32)17-15-24)29(39)13-8-18-38(43(3,41)42)27-12-7-11-25(20-27)31(33,34)35/h4-7,9-12,14-17,20,22,28H,8,13,18-19,21H2,1-3H3,(H,36,40)/t28-/m0/s1. The van der Waals surface area contributed by atoms with E-state index < -0.39 is 27.8 Å². The number of hydrogen-bond donors (Lipinski definition) is 1. The van der Waals surface area contributed by atoms with Crippen molar-refractivity contribution in [2.75, 3.05) is 17.1 Å². The number of nitrogens with zero attached hydrogens (tertiary/aromatic N) is 2. The van der Waals surface area contributed by atoms with Crippen molar-refractivity contribution < 1.29 is 31.2 Å². The van der Waals surface area contributed by atoms with Gasteiger partial charge < -0.3 is 10.2 Å². The Morgan fingerprint density at radius 1 is 0.930 bits per heavy atom. The van der Waals surface area contributed by atoms with E-state index in [1.54, 1.807) is 0 Å². The molecule has 232 valence electrons. The van der Waals surface area contributed by atoms with Crippen LogP contribution in [0.1, 0.15) is 43.4 Å². The second-order valence-corrected chi connectivity index (χ2v) is 13.3. The maximum absolute atomic E-state index is 13.8. The van der Waals surface area contributed by atoms with Crippen LogP contribution < -0.4 is 9.62 Å². The Hall–Kier alpha value is -3.38. The number of sulfonamides is 1. The summed E-state index contributed by atoms with van der Waals surface area (Å²) in [6.45, 7) is 3.55. The monoisotopic (exact) mass is 681 g/mol. The molecule has 0 saturated heterocycles. The molecule has 0 aliphatic heterocycles. The molecule has 0 aromatic heterocycles. The van der Waals surface area contributed by atoms with Gasteiger partial charge in [-0.25, -0.2) is 8.42 Å². The van der Waals surface area contributed by atoms with Crippen LogP contribution in [-0.4, -0.2) is 50.0 Å². The number of anilines is 1. The Morgan fingerprint density at radius 3 is 2.16 bits per heavy atom. The maximum Gasteiger partial charge on any atom is 0.416 e. The number of hydrogen-bond acceptors (Lipinski definition) is 4. The first-order valence-corrected chi connectivity index (χ1v) is 16.3. The predicted molar refractivity (Wildman–Crippen MR) is 165 cm³/mol. The fourth-order valence-corrected chi connectivity index (χ4v) is 5.78. The second-order valence-electron chi connectivity index (χ2n) is 10.5. The van der Waals surface area contributed by atoms with Crippen LogP contribution in [0.2, 0.25) is 0 Å². The molecule has 3 rings (SSSR count). The lowest BCUT2D eigenvalue weighted by molar-refractivity contribution is -0.141. The smallest absolute Gasteiger partial charge is 0.352 e. The lowest BCUT2D eigenvalue weighted by Gasteiger charge is -2.32. The van der Waals surface area contributed by atoms with Gasteiger partial charge in [0.2, 0.25) is 21.8 Å². The molecule has 3 aromatic rings. The number of halogens is 4. The van der Waals surface area contributed by atoms with Crippen molar-refractivity contribution in [3.05, 3.63) is 100 Å². The lowest BCUT2D eigenvalue weighted by Crippen LogP contribution is -2.51. The molecular weight excluding hydrogens is 647 g/mol. The largest absolute Gasteiger partial charge is 0.416 e. The molecule has 1 N–H and O–H groups in total. The van der Waals surface area contributed by atoms with Crippen LogP contribution >= 0.6 is 15.9 Å². The molecule has 0 aliphatic carbocycles. The topological polar surface area (TPSA) is 86.8 Å². The first kappa shape index (κ1) is 34.1. The molecule has 1 atom stereocenters. The van der Waals surface area contributed by atoms with Crippen LogP contribution in [0.25, 0.3) is 0 Å². The van der Waals surface area contributed by atoms with E-state index in [1.165, 1.54) is 11.0 Å². The summed E-state index contributed by atoms with van der Waals surface area (Å²) in [5, 5.41) is 2.91. The molecule has 0 aliphatic rings. The van der Waals surface area contributed by atoms with Crippen molar-refractivity contribution >= 4 is 43.5 Å². The van der Waals surface area contributed by atoms with Crippen molar-refractivity contribution in [2.45, 2.75) is 57.9 Å². The van der Waals surface area contributed by atoms with Gasteiger partial charge in [-0.2, -0.15) is 13.2 Å². The van der Waals surface area contributed by atoms with Gasteiger partial charge in [0.25, 0.3) is 0 Å². The predicted octanol–water partition coefficient (Wildman–Crippen LogP) is 6.18. The summed E-state index contributed by atoms with van der Waals surface area (Å²) in [5.74, 6) is -0.716. The van der Waals surface area contributed by atoms with Crippen molar-refractivity contribution in [3.63, 3.8) is 0 Å². The summed E-state index contributed by atoms with van der Waals surface area (Å²) < 4.78 is 66.7. The van der Waals surface area contributed by atoms with E-state index in [9.17, 15) is 31.2 Å². The van der Waals surface area contributed by atoms with Crippen molar-refractivity contribution in [1.29, 1.82) is 0 Å². The molecule has 0 heterocycles. The van der Waals surface area contributed by atoms with Gasteiger partial charge in [0.05, 0.1) is 17.5 Å². The van der Waals surface area contributed by atoms with Gasteiger partial charge in [-0.1, -0.05) is 64.5 Å². The first-order valence-electron chi connectivity index (χ1n) is 13.7. The first-order chi connectivity index (χ1) is 20.1. The van der Waals surface area contributed by atoms with Gasteiger partial charge >= 0.3 is 6.18 Å². The molecular formula is C31H35BrF3N3O4S. The summed E-state index contributed by atoms with van der Waals surface area (Å²) in [6.07, 6.45) is -3.61. The van der Waals surface area contributed by atoms with E-state index in [1.807, 2.05) is 68.4 Å². The van der Waals surface area contributed by atoms with Crippen molar-refractivity contribution in [1.82, 2.24) is 10.2 Å². The van der Waals surface area contributed by atoms with Crippen LogP contribution in [0.5, 0.6) is 0 Å². The zero-order valence-electron chi connectivity index (χ0n) is 24.1. The van der Waals surface area contributed by atoms with Crippen LogP contribution in [0.3, 0.4) is 0 Å². The summed E-state index contributed by atoms with van der Waals surface area (Å²) in [6, 6.07) is 19.7.